The van der Waals surface area contributed by atoms with Gasteiger partial charge in [-0.05, 0) is 46.7 Å². The molecule has 2 unspecified atom stereocenters. The van der Waals surface area contributed by atoms with Crippen LogP contribution in [-0.4, -0.2) is 36.2 Å². The number of hydrogen-bond donors (Lipinski definition) is 3. The van der Waals surface area contributed by atoms with Gasteiger partial charge in [0.15, 0.2) is 0 Å². The zero-order valence-electron chi connectivity index (χ0n) is 18.7. The Kier molecular flexibility index (Phi) is 6.17. The highest BCUT2D eigenvalue weighted by Gasteiger charge is 2.43. The quantitative estimate of drug-likeness (QED) is 0.424. The van der Waals surface area contributed by atoms with Crippen LogP contribution in [0.2, 0.25) is 5.02 Å². The Balaban J connectivity index is 1.12. The molecule has 2 aliphatic rings. The minimum Gasteiger partial charge on any atom is -0.478 e. The fourth-order valence-corrected chi connectivity index (χ4v) is 4.98. The molecule has 0 radical (unpaired) electrons. The van der Waals surface area contributed by atoms with Gasteiger partial charge in [-0.15, -0.1) is 0 Å². The molecular formula is C27H23ClN2O5. The maximum atomic E-state index is 12.6. The minimum atomic E-state index is -1.21. The molecule has 0 spiro atoms. The first kappa shape index (κ1) is 22.9. The molecular weight excluding hydrogens is 468 g/mol. The average Bonchev–Trinajstić information content (AvgIpc) is 3.56. The lowest BCUT2D eigenvalue weighted by molar-refractivity contribution is -0.117. The van der Waals surface area contributed by atoms with E-state index < -0.39 is 12.1 Å². The van der Waals surface area contributed by atoms with E-state index in [1.165, 1.54) is 12.1 Å². The fraction of sp³-hybridized carbons (Fsp3) is 0.222. The van der Waals surface area contributed by atoms with E-state index in [-0.39, 0.29) is 46.5 Å². The van der Waals surface area contributed by atoms with Crippen molar-refractivity contribution in [3.63, 3.8) is 0 Å². The van der Waals surface area contributed by atoms with Crippen molar-refractivity contribution in [3.8, 4) is 11.1 Å². The van der Waals surface area contributed by atoms with E-state index in [1.807, 2.05) is 24.3 Å². The van der Waals surface area contributed by atoms with Gasteiger partial charge in [0.1, 0.15) is 12.2 Å². The fourth-order valence-electron chi connectivity index (χ4n) is 4.73. The van der Waals surface area contributed by atoms with E-state index in [0.717, 1.165) is 22.3 Å². The van der Waals surface area contributed by atoms with Gasteiger partial charge >= 0.3 is 12.1 Å². The van der Waals surface area contributed by atoms with Crippen LogP contribution in [0.1, 0.15) is 33.8 Å². The summed E-state index contributed by atoms with van der Waals surface area (Å²) in [4.78, 5) is 36.4. The number of carboxylic acid groups (broad SMARTS) is 1. The molecule has 1 fully saturated rings. The van der Waals surface area contributed by atoms with Crippen molar-refractivity contribution in [1.29, 1.82) is 0 Å². The van der Waals surface area contributed by atoms with Crippen LogP contribution in [0, 0.1) is 11.8 Å². The Bertz CT molecular complexity index is 1280. The molecule has 1 saturated carbocycles. The number of hydrogen-bond acceptors (Lipinski definition) is 4. The first-order valence-electron chi connectivity index (χ1n) is 11.4. The molecule has 0 bridgehead atoms. The van der Waals surface area contributed by atoms with E-state index in [9.17, 15) is 19.5 Å². The third kappa shape index (κ3) is 4.59. The van der Waals surface area contributed by atoms with Crippen molar-refractivity contribution < 1.29 is 24.2 Å². The van der Waals surface area contributed by atoms with Crippen molar-refractivity contribution >= 4 is 35.3 Å². The SMILES string of the molecule is O=C(NCC1CC1C(=O)Nc1cccc(Cl)c1C(=O)O)OCC1c2ccccc2-c2ccccc21. The molecule has 3 N–H and O–H groups in total. The van der Waals surface area contributed by atoms with E-state index in [1.54, 1.807) is 6.07 Å². The van der Waals surface area contributed by atoms with Crippen molar-refractivity contribution in [2.45, 2.75) is 12.3 Å². The molecule has 0 saturated heterocycles. The molecule has 8 heteroatoms. The first-order valence-corrected chi connectivity index (χ1v) is 11.7. The molecule has 2 amide bonds. The van der Waals surface area contributed by atoms with E-state index in [0.29, 0.717) is 13.0 Å². The number of aromatic carboxylic acids is 1. The highest BCUT2D eigenvalue weighted by Crippen LogP contribution is 2.44. The number of alkyl carbamates (subject to hydrolysis) is 1. The summed E-state index contributed by atoms with van der Waals surface area (Å²) in [6.07, 6.45) is 0.0688. The summed E-state index contributed by atoms with van der Waals surface area (Å²) in [5.41, 5.74) is 4.62. The van der Waals surface area contributed by atoms with Gasteiger partial charge in [-0.1, -0.05) is 66.2 Å². The van der Waals surface area contributed by atoms with Crippen LogP contribution < -0.4 is 10.6 Å². The molecule has 2 atom stereocenters. The van der Waals surface area contributed by atoms with Crippen LogP contribution in [0.15, 0.2) is 66.7 Å². The summed E-state index contributed by atoms with van der Waals surface area (Å²) < 4.78 is 5.53. The molecule has 178 valence electrons. The number of fused-ring (bicyclic) bond motifs is 3. The highest BCUT2D eigenvalue weighted by atomic mass is 35.5. The number of amides is 2. The van der Waals surface area contributed by atoms with Crippen LogP contribution in [0.3, 0.4) is 0 Å². The van der Waals surface area contributed by atoms with E-state index in [4.69, 9.17) is 16.3 Å². The molecule has 7 nitrogen and oxygen atoms in total. The normalized spacial score (nSPS) is 17.7. The maximum absolute atomic E-state index is 12.6. The van der Waals surface area contributed by atoms with Crippen molar-refractivity contribution in [1.82, 2.24) is 5.32 Å². The second-order valence-electron chi connectivity index (χ2n) is 8.77. The number of carbonyl (C=O) groups is 3. The van der Waals surface area contributed by atoms with Crippen molar-refractivity contribution in [2.24, 2.45) is 11.8 Å². The van der Waals surface area contributed by atoms with Gasteiger partial charge in [0.25, 0.3) is 0 Å². The molecule has 3 aromatic rings. The van der Waals surface area contributed by atoms with Crippen LogP contribution in [0.25, 0.3) is 11.1 Å². The number of nitrogens with one attached hydrogen (secondary N) is 2. The van der Waals surface area contributed by atoms with Gasteiger partial charge in [0.05, 0.1) is 10.7 Å². The Hall–Kier alpha value is -3.84. The number of anilines is 1. The predicted octanol–water partition coefficient (Wildman–Crippen LogP) is 5.15. The van der Waals surface area contributed by atoms with E-state index >= 15 is 0 Å². The molecule has 35 heavy (non-hydrogen) atoms. The Labute approximate surface area is 207 Å². The number of carboxylic acids is 1. The lowest BCUT2D eigenvalue weighted by Gasteiger charge is -2.14. The smallest absolute Gasteiger partial charge is 0.407 e. The van der Waals surface area contributed by atoms with Crippen molar-refractivity contribution in [3.05, 3.63) is 88.4 Å². The van der Waals surface area contributed by atoms with Gasteiger partial charge in [0.2, 0.25) is 5.91 Å². The van der Waals surface area contributed by atoms with Crippen molar-refractivity contribution in [2.75, 3.05) is 18.5 Å². The maximum Gasteiger partial charge on any atom is 0.407 e. The minimum absolute atomic E-state index is 0.0197. The van der Waals surface area contributed by atoms with Gasteiger partial charge in [-0.25, -0.2) is 9.59 Å². The highest BCUT2D eigenvalue weighted by molar-refractivity contribution is 6.34. The number of benzene rings is 3. The molecule has 0 heterocycles. The zero-order valence-corrected chi connectivity index (χ0v) is 19.4. The van der Waals surface area contributed by atoms with Gasteiger partial charge in [0, 0.05) is 18.4 Å². The summed E-state index contributed by atoms with van der Waals surface area (Å²) in [5, 5.41) is 14.8. The van der Waals surface area contributed by atoms with Gasteiger partial charge in [-0.2, -0.15) is 0 Å². The zero-order chi connectivity index (χ0) is 24.5. The Morgan fingerprint density at radius 1 is 0.943 bits per heavy atom. The summed E-state index contributed by atoms with van der Waals surface area (Å²) in [5.74, 6) is -1.88. The van der Waals surface area contributed by atoms with Crippen LogP contribution in [0.4, 0.5) is 10.5 Å². The summed E-state index contributed by atoms with van der Waals surface area (Å²) >= 11 is 5.96. The number of ether oxygens (including phenoxy) is 1. The third-order valence-corrected chi connectivity index (χ3v) is 6.91. The van der Waals surface area contributed by atoms with Crippen LogP contribution in [0.5, 0.6) is 0 Å². The lowest BCUT2D eigenvalue weighted by atomic mass is 9.98. The molecule has 0 aliphatic heterocycles. The topological polar surface area (TPSA) is 105 Å². The van der Waals surface area contributed by atoms with Gasteiger partial charge in [-0.3, -0.25) is 4.79 Å². The molecule has 3 aromatic carbocycles. The number of halogens is 1. The predicted molar refractivity (Wildman–Crippen MR) is 132 cm³/mol. The Morgan fingerprint density at radius 3 is 2.26 bits per heavy atom. The third-order valence-electron chi connectivity index (χ3n) is 6.60. The summed E-state index contributed by atoms with van der Waals surface area (Å²) in [7, 11) is 0. The van der Waals surface area contributed by atoms with Crippen LogP contribution >= 0.6 is 11.6 Å². The monoisotopic (exact) mass is 490 g/mol. The van der Waals surface area contributed by atoms with Gasteiger partial charge < -0.3 is 20.5 Å². The largest absolute Gasteiger partial charge is 0.478 e. The summed E-state index contributed by atoms with van der Waals surface area (Å²) in [6, 6.07) is 20.8. The van der Waals surface area contributed by atoms with E-state index in [2.05, 4.69) is 34.9 Å². The number of carbonyl (C=O) groups excluding carboxylic acids is 2. The Morgan fingerprint density at radius 2 is 1.60 bits per heavy atom. The second-order valence-corrected chi connectivity index (χ2v) is 9.17. The lowest BCUT2D eigenvalue weighted by Crippen LogP contribution is -2.29. The molecule has 5 rings (SSSR count). The number of rotatable bonds is 7. The average molecular weight is 491 g/mol. The molecule has 2 aliphatic carbocycles. The summed E-state index contributed by atoms with van der Waals surface area (Å²) in [6.45, 7) is 0.525. The molecule has 0 aromatic heterocycles. The van der Waals surface area contributed by atoms with Crippen LogP contribution in [-0.2, 0) is 9.53 Å². The standard InChI is InChI=1S/C27H23ClN2O5/c28-22-10-5-11-23(24(22)26(32)33)30-25(31)20-12-15(20)13-29-27(34)35-14-21-18-8-3-1-6-16(18)17-7-2-4-9-19(17)21/h1-11,15,20-21H,12-14H2,(H,29,34)(H,30,31)(H,32,33). The first-order chi connectivity index (χ1) is 16.9. The second kappa shape index (κ2) is 9.43.